The SMILES string of the molecule is O=C(NC12CC(n3cc(N4CC(OC(F)(F)F)C4)cn3)(C1)C2)[C@H]1C[C@@H](O)c2cc(Cl)ccc2O1. The molecule has 7 rings (SSSR count). The third-order valence-corrected chi connectivity index (χ3v) is 7.52. The summed E-state index contributed by atoms with van der Waals surface area (Å²) in [4.78, 5) is 14.7. The first-order valence-electron chi connectivity index (χ1n) is 11.0. The summed E-state index contributed by atoms with van der Waals surface area (Å²) in [6.07, 6.45) is -1.31. The largest absolute Gasteiger partial charge is 0.522 e. The van der Waals surface area contributed by atoms with Crippen LogP contribution in [0.2, 0.25) is 5.02 Å². The highest BCUT2D eigenvalue weighted by Crippen LogP contribution is 2.65. The number of halogens is 4. The Morgan fingerprint density at radius 3 is 2.74 bits per heavy atom. The van der Waals surface area contributed by atoms with Gasteiger partial charge < -0.3 is 20.1 Å². The molecule has 1 saturated heterocycles. The maximum atomic E-state index is 12.9. The van der Waals surface area contributed by atoms with Gasteiger partial charge in [0.05, 0.1) is 23.5 Å². The Bertz CT molecular complexity index is 1130. The molecule has 2 aliphatic heterocycles. The van der Waals surface area contributed by atoms with Crippen LogP contribution in [0.4, 0.5) is 18.9 Å². The third-order valence-electron chi connectivity index (χ3n) is 7.29. The Balaban J connectivity index is 1.03. The van der Waals surface area contributed by atoms with Crippen LogP contribution in [0.15, 0.2) is 30.6 Å². The number of hydrogen-bond acceptors (Lipinski definition) is 6. The van der Waals surface area contributed by atoms with E-state index in [1.165, 1.54) is 0 Å². The summed E-state index contributed by atoms with van der Waals surface area (Å²) in [5.41, 5.74) is 0.830. The van der Waals surface area contributed by atoms with Crippen LogP contribution < -0.4 is 15.0 Å². The van der Waals surface area contributed by atoms with E-state index < -0.39 is 24.7 Å². The number of hydrogen-bond donors (Lipinski definition) is 2. The van der Waals surface area contributed by atoms with Crippen LogP contribution in [-0.2, 0) is 15.1 Å². The predicted octanol–water partition coefficient (Wildman–Crippen LogP) is 2.89. The minimum atomic E-state index is -4.62. The smallest absolute Gasteiger partial charge is 0.480 e. The van der Waals surface area contributed by atoms with Crippen molar-refractivity contribution in [3.05, 3.63) is 41.2 Å². The van der Waals surface area contributed by atoms with E-state index in [2.05, 4.69) is 15.2 Å². The van der Waals surface area contributed by atoms with Crippen molar-refractivity contribution in [1.82, 2.24) is 15.1 Å². The molecule has 0 unspecified atom stereocenters. The highest BCUT2D eigenvalue weighted by Gasteiger charge is 2.70. The van der Waals surface area contributed by atoms with Crippen molar-refractivity contribution in [2.75, 3.05) is 18.0 Å². The lowest BCUT2D eigenvalue weighted by atomic mass is 9.44. The van der Waals surface area contributed by atoms with E-state index in [1.807, 2.05) is 10.9 Å². The number of amides is 1. The van der Waals surface area contributed by atoms with Gasteiger partial charge in [-0.2, -0.15) is 5.10 Å². The van der Waals surface area contributed by atoms with E-state index in [1.54, 1.807) is 29.3 Å². The Morgan fingerprint density at radius 1 is 1.29 bits per heavy atom. The number of benzene rings is 1. The summed E-state index contributed by atoms with van der Waals surface area (Å²) in [6, 6.07) is 4.95. The minimum absolute atomic E-state index is 0.151. The molecule has 2 aromatic rings. The van der Waals surface area contributed by atoms with Gasteiger partial charge in [-0.05, 0) is 37.5 Å². The fourth-order valence-corrected chi connectivity index (χ4v) is 5.86. The van der Waals surface area contributed by atoms with Gasteiger partial charge in [-0.25, -0.2) is 0 Å². The first kappa shape index (κ1) is 22.0. The average Bonchev–Trinajstić information content (AvgIpc) is 3.14. The zero-order chi connectivity index (χ0) is 23.9. The summed E-state index contributed by atoms with van der Waals surface area (Å²) in [5.74, 6) is 0.195. The van der Waals surface area contributed by atoms with Crippen LogP contribution in [0.3, 0.4) is 0 Å². The number of aliphatic hydroxyl groups excluding tert-OH is 1. The molecule has 2 bridgehead atoms. The van der Waals surface area contributed by atoms with Crippen molar-refractivity contribution in [3.8, 4) is 5.75 Å². The number of rotatable bonds is 5. The van der Waals surface area contributed by atoms with Crippen LogP contribution >= 0.6 is 11.6 Å². The number of aliphatic hydroxyl groups is 1. The Morgan fingerprint density at radius 2 is 2.03 bits per heavy atom. The molecule has 34 heavy (non-hydrogen) atoms. The van der Waals surface area contributed by atoms with Gasteiger partial charge in [-0.3, -0.25) is 14.2 Å². The molecule has 4 fully saturated rings. The topological polar surface area (TPSA) is 88.9 Å². The van der Waals surface area contributed by atoms with Gasteiger partial charge in [0.15, 0.2) is 6.10 Å². The molecule has 1 aromatic carbocycles. The molecule has 3 saturated carbocycles. The van der Waals surface area contributed by atoms with E-state index in [0.29, 0.717) is 35.6 Å². The van der Waals surface area contributed by atoms with Crippen molar-refractivity contribution in [2.45, 2.75) is 61.4 Å². The number of alkyl halides is 3. The molecular weight excluding hydrogens is 477 g/mol. The zero-order valence-electron chi connectivity index (χ0n) is 17.9. The first-order valence-corrected chi connectivity index (χ1v) is 11.4. The molecule has 0 spiro atoms. The molecule has 2 N–H and O–H groups in total. The standard InChI is InChI=1S/C22H22ClF3N4O4/c23-12-1-2-17-15(3-12)16(31)4-18(33-17)19(32)28-20-9-21(10-20,11-20)30-6-13(5-27-30)29-7-14(8-29)34-22(24,25)26/h1-3,5-6,14,16,18,31H,4,7-11H2,(H,28,32)/t16-,18-,20?,21?/m1/s1. The molecule has 1 aromatic heterocycles. The minimum Gasteiger partial charge on any atom is -0.480 e. The molecule has 0 radical (unpaired) electrons. The number of anilines is 1. The lowest BCUT2D eigenvalue weighted by molar-refractivity contribution is -0.344. The van der Waals surface area contributed by atoms with Crippen LogP contribution in [0.25, 0.3) is 0 Å². The van der Waals surface area contributed by atoms with Gasteiger partial charge in [0.25, 0.3) is 5.91 Å². The lowest BCUT2D eigenvalue weighted by Gasteiger charge is -2.70. The molecule has 1 amide bonds. The highest BCUT2D eigenvalue weighted by molar-refractivity contribution is 6.30. The van der Waals surface area contributed by atoms with Crippen molar-refractivity contribution < 1.29 is 32.5 Å². The normalized spacial score (nSPS) is 32.1. The van der Waals surface area contributed by atoms with Crippen LogP contribution in [-0.4, -0.2) is 58.0 Å². The van der Waals surface area contributed by atoms with E-state index in [0.717, 1.165) is 5.69 Å². The van der Waals surface area contributed by atoms with Crippen LogP contribution in [0, 0.1) is 0 Å². The fraction of sp³-hybridized carbons (Fsp3) is 0.545. The van der Waals surface area contributed by atoms with E-state index in [-0.39, 0.29) is 36.5 Å². The van der Waals surface area contributed by atoms with Gasteiger partial charge in [0.1, 0.15) is 11.9 Å². The Kier molecular flexibility index (Phi) is 4.69. The van der Waals surface area contributed by atoms with E-state index in [4.69, 9.17) is 16.3 Å². The monoisotopic (exact) mass is 498 g/mol. The summed E-state index contributed by atoms with van der Waals surface area (Å²) < 4.78 is 48.6. The van der Waals surface area contributed by atoms with Crippen molar-refractivity contribution >= 4 is 23.2 Å². The van der Waals surface area contributed by atoms with Crippen LogP contribution in [0.5, 0.6) is 5.75 Å². The average molecular weight is 499 g/mol. The molecule has 12 heteroatoms. The summed E-state index contributed by atoms with van der Waals surface area (Å²) in [5, 5.41) is 18.4. The molecule has 182 valence electrons. The highest BCUT2D eigenvalue weighted by atomic mass is 35.5. The van der Waals surface area contributed by atoms with Crippen molar-refractivity contribution in [1.29, 1.82) is 0 Å². The number of carbonyl (C=O) groups excluding carboxylic acids is 1. The maximum Gasteiger partial charge on any atom is 0.522 e. The summed E-state index contributed by atoms with van der Waals surface area (Å²) >= 11 is 5.98. The quantitative estimate of drug-likeness (QED) is 0.659. The second kappa shape index (κ2) is 7.25. The summed E-state index contributed by atoms with van der Waals surface area (Å²) in [7, 11) is 0. The first-order chi connectivity index (χ1) is 16.0. The number of nitrogens with zero attached hydrogens (tertiary/aromatic N) is 3. The molecule has 5 aliphatic rings. The van der Waals surface area contributed by atoms with E-state index >= 15 is 0 Å². The number of ether oxygens (including phenoxy) is 2. The molecule has 8 nitrogen and oxygen atoms in total. The third kappa shape index (κ3) is 3.61. The van der Waals surface area contributed by atoms with Gasteiger partial charge in [0, 0.05) is 41.8 Å². The zero-order valence-corrected chi connectivity index (χ0v) is 18.6. The molecule has 3 aliphatic carbocycles. The fourth-order valence-electron chi connectivity index (χ4n) is 5.68. The maximum absolute atomic E-state index is 12.9. The Labute approximate surface area is 197 Å². The lowest BCUT2D eigenvalue weighted by Crippen LogP contribution is -2.79. The predicted molar refractivity (Wildman–Crippen MR) is 114 cm³/mol. The Hall–Kier alpha value is -2.50. The molecule has 3 heterocycles. The van der Waals surface area contributed by atoms with Crippen LogP contribution in [0.1, 0.15) is 37.4 Å². The number of fused-ring (bicyclic) bond motifs is 1. The number of aromatic nitrogens is 2. The van der Waals surface area contributed by atoms with Gasteiger partial charge >= 0.3 is 6.36 Å². The van der Waals surface area contributed by atoms with Gasteiger partial charge in [0.2, 0.25) is 0 Å². The van der Waals surface area contributed by atoms with Crippen molar-refractivity contribution in [2.24, 2.45) is 0 Å². The van der Waals surface area contributed by atoms with Gasteiger partial charge in [-0.1, -0.05) is 11.6 Å². The van der Waals surface area contributed by atoms with Crippen molar-refractivity contribution in [3.63, 3.8) is 0 Å². The number of carbonyl (C=O) groups is 1. The molecular formula is C22H22ClF3N4O4. The second-order valence-corrected chi connectivity index (χ2v) is 10.2. The summed E-state index contributed by atoms with van der Waals surface area (Å²) in [6.45, 7) is 0.335. The number of nitrogens with one attached hydrogen (secondary N) is 1. The van der Waals surface area contributed by atoms with E-state index in [9.17, 15) is 23.1 Å². The molecule has 2 atom stereocenters. The second-order valence-electron chi connectivity index (χ2n) is 9.80. The van der Waals surface area contributed by atoms with Gasteiger partial charge in [-0.15, -0.1) is 13.2 Å².